The van der Waals surface area contributed by atoms with E-state index in [1.54, 1.807) is 6.20 Å². The van der Waals surface area contributed by atoms with Crippen molar-refractivity contribution in [1.82, 2.24) is 4.98 Å². The minimum atomic E-state index is 0.563. The Bertz CT molecular complexity index is 324. The highest BCUT2D eigenvalue weighted by Gasteiger charge is 2.21. The fraction of sp³-hybridized carbons (Fsp3) is 0.583. The molecule has 3 heteroatoms. The third-order valence-electron chi connectivity index (χ3n) is 3.23. The van der Waals surface area contributed by atoms with Crippen LogP contribution in [0, 0.1) is 5.92 Å². The van der Waals surface area contributed by atoms with Crippen LogP contribution in [0.25, 0.3) is 0 Å². The molecule has 1 aliphatic rings. The lowest BCUT2D eigenvalue weighted by Gasteiger charge is -2.29. The van der Waals surface area contributed by atoms with Gasteiger partial charge in [-0.1, -0.05) is 19.8 Å². The molecule has 1 aromatic rings. The summed E-state index contributed by atoms with van der Waals surface area (Å²) in [5.41, 5.74) is 6.49. The van der Waals surface area contributed by atoms with Crippen LogP contribution in [-0.4, -0.2) is 11.0 Å². The minimum Gasteiger partial charge on any atom is -0.399 e. The van der Waals surface area contributed by atoms with Gasteiger partial charge in [0.2, 0.25) is 0 Å². The van der Waals surface area contributed by atoms with Crippen LogP contribution >= 0.6 is 0 Å². The lowest BCUT2D eigenvalue weighted by molar-refractivity contribution is 0.349. The van der Waals surface area contributed by atoms with Gasteiger partial charge in [0.15, 0.2) is 0 Å². The summed E-state index contributed by atoms with van der Waals surface area (Å²) >= 11 is 0. The molecular formula is C12H19N3. The summed E-state index contributed by atoms with van der Waals surface area (Å²) in [6.07, 6.45) is 7.01. The molecule has 3 N–H and O–H groups in total. The van der Waals surface area contributed by atoms with Crippen LogP contribution in [0.4, 0.5) is 11.5 Å². The molecule has 82 valence electrons. The van der Waals surface area contributed by atoms with E-state index in [1.165, 1.54) is 25.7 Å². The Hall–Kier alpha value is -1.25. The van der Waals surface area contributed by atoms with Crippen molar-refractivity contribution in [1.29, 1.82) is 0 Å². The fourth-order valence-corrected chi connectivity index (χ4v) is 2.25. The smallest absolute Gasteiger partial charge is 0.128 e. The Balaban J connectivity index is 2.01. The predicted molar refractivity (Wildman–Crippen MR) is 63.7 cm³/mol. The molecule has 0 radical (unpaired) electrons. The highest BCUT2D eigenvalue weighted by molar-refractivity contribution is 5.48. The quantitative estimate of drug-likeness (QED) is 0.780. The van der Waals surface area contributed by atoms with Crippen LogP contribution in [0.15, 0.2) is 18.3 Å². The number of nitrogen functional groups attached to an aromatic ring is 1. The van der Waals surface area contributed by atoms with Gasteiger partial charge in [-0.2, -0.15) is 0 Å². The second-order valence-corrected chi connectivity index (χ2v) is 4.49. The van der Waals surface area contributed by atoms with Crippen LogP contribution in [0.3, 0.4) is 0 Å². The van der Waals surface area contributed by atoms with Crippen molar-refractivity contribution >= 4 is 11.5 Å². The number of hydrogen-bond donors (Lipinski definition) is 2. The van der Waals surface area contributed by atoms with Crippen molar-refractivity contribution in [3.8, 4) is 0 Å². The van der Waals surface area contributed by atoms with E-state index in [-0.39, 0.29) is 0 Å². The second kappa shape index (κ2) is 4.51. The van der Waals surface area contributed by atoms with Crippen LogP contribution < -0.4 is 11.1 Å². The van der Waals surface area contributed by atoms with E-state index in [1.807, 2.05) is 12.1 Å². The standard InChI is InChI=1S/C12H19N3/c1-9-4-2-3-5-11(9)15-12-8-10(13)6-7-14-12/h6-9,11H,2-5H2,1H3,(H3,13,14,15). The number of hydrogen-bond acceptors (Lipinski definition) is 3. The number of nitrogens with one attached hydrogen (secondary N) is 1. The monoisotopic (exact) mass is 205 g/mol. The molecule has 1 fully saturated rings. The van der Waals surface area contributed by atoms with Crippen LogP contribution in [-0.2, 0) is 0 Å². The Labute approximate surface area is 91.1 Å². The van der Waals surface area contributed by atoms with Gasteiger partial charge in [-0.15, -0.1) is 0 Å². The lowest BCUT2D eigenvalue weighted by atomic mass is 9.86. The van der Waals surface area contributed by atoms with Crippen molar-refractivity contribution < 1.29 is 0 Å². The van der Waals surface area contributed by atoms with Gasteiger partial charge < -0.3 is 11.1 Å². The molecule has 1 saturated carbocycles. The van der Waals surface area contributed by atoms with Gasteiger partial charge in [-0.05, 0) is 24.8 Å². The zero-order valence-corrected chi connectivity index (χ0v) is 9.24. The summed E-state index contributed by atoms with van der Waals surface area (Å²) in [5.74, 6) is 1.65. The van der Waals surface area contributed by atoms with Gasteiger partial charge in [-0.25, -0.2) is 4.98 Å². The highest BCUT2D eigenvalue weighted by Crippen LogP contribution is 2.26. The summed E-state index contributed by atoms with van der Waals surface area (Å²) in [7, 11) is 0. The molecule has 1 aromatic heterocycles. The third-order valence-corrected chi connectivity index (χ3v) is 3.23. The molecule has 0 spiro atoms. The summed E-state index contributed by atoms with van der Waals surface area (Å²) in [6.45, 7) is 2.31. The fourth-order valence-electron chi connectivity index (χ4n) is 2.25. The molecule has 15 heavy (non-hydrogen) atoms. The van der Waals surface area contributed by atoms with Crippen molar-refractivity contribution in [2.24, 2.45) is 5.92 Å². The average molecular weight is 205 g/mol. The van der Waals surface area contributed by atoms with Gasteiger partial charge in [0.1, 0.15) is 5.82 Å². The number of aromatic nitrogens is 1. The van der Waals surface area contributed by atoms with E-state index < -0.39 is 0 Å². The van der Waals surface area contributed by atoms with E-state index in [2.05, 4.69) is 17.2 Å². The van der Waals surface area contributed by atoms with Crippen LogP contribution in [0.2, 0.25) is 0 Å². The highest BCUT2D eigenvalue weighted by atomic mass is 15.0. The number of pyridine rings is 1. The molecule has 2 rings (SSSR count). The Morgan fingerprint density at radius 1 is 1.40 bits per heavy atom. The topological polar surface area (TPSA) is 50.9 Å². The SMILES string of the molecule is CC1CCCCC1Nc1cc(N)ccn1. The van der Waals surface area contributed by atoms with Crippen LogP contribution in [0.5, 0.6) is 0 Å². The van der Waals surface area contributed by atoms with Crippen molar-refractivity contribution in [3.05, 3.63) is 18.3 Å². The second-order valence-electron chi connectivity index (χ2n) is 4.49. The minimum absolute atomic E-state index is 0.563. The zero-order chi connectivity index (χ0) is 10.7. The molecule has 1 aliphatic carbocycles. The van der Waals surface area contributed by atoms with Gasteiger partial charge in [0.05, 0.1) is 0 Å². The van der Waals surface area contributed by atoms with Crippen molar-refractivity contribution in [2.45, 2.75) is 38.6 Å². The molecule has 2 unspecified atom stereocenters. The lowest BCUT2D eigenvalue weighted by Crippen LogP contribution is -2.30. The number of anilines is 2. The maximum absolute atomic E-state index is 5.72. The van der Waals surface area contributed by atoms with Gasteiger partial charge in [-0.3, -0.25) is 0 Å². The number of nitrogens with two attached hydrogens (primary N) is 1. The molecular weight excluding hydrogens is 186 g/mol. The van der Waals surface area contributed by atoms with E-state index >= 15 is 0 Å². The molecule has 0 aliphatic heterocycles. The Morgan fingerprint density at radius 3 is 2.93 bits per heavy atom. The predicted octanol–water partition coefficient (Wildman–Crippen LogP) is 2.65. The molecule has 0 saturated heterocycles. The Kier molecular flexibility index (Phi) is 3.09. The van der Waals surface area contributed by atoms with Crippen LogP contribution in [0.1, 0.15) is 32.6 Å². The summed E-state index contributed by atoms with van der Waals surface area (Å²) in [5, 5.41) is 3.48. The normalized spacial score (nSPS) is 26.2. The molecule has 0 amide bonds. The van der Waals surface area contributed by atoms with E-state index in [0.717, 1.165) is 17.4 Å². The summed E-state index contributed by atoms with van der Waals surface area (Å²) < 4.78 is 0. The van der Waals surface area contributed by atoms with Gasteiger partial charge in [0, 0.05) is 24.0 Å². The first-order valence-corrected chi connectivity index (χ1v) is 5.74. The number of nitrogens with zero attached hydrogens (tertiary/aromatic N) is 1. The molecule has 3 nitrogen and oxygen atoms in total. The molecule has 1 heterocycles. The summed E-state index contributed by atoms with van der Waals surface area (Å²) in [4.78, 5) is 4.28. The van der Waals surface area contributed by atoms with E-state index in [9.17, 15) is 0 Å². The molecule has 2 atom stereocenters. The van der Waals surface area contributed by atoms with Crippen molar-refractivity contribution in [3.63, 3.8) is 0 Å². The molecule has 0 bridgehead atoms. The van der Waals surface area contributed by atoms with Gasteiger partial charge in [0.25, 0.3) is 0 Å². The zero-order valence-electron chi connectivity index (χ0n) is 9.24. The maximum Gasteiger partial charge on any atom is 0.128 e. The largest absolute Gasteiger partial charge is 0.399 e. The average Bonchev–Trinajstić information content (AvgIpc) is 2.22. The third kappa shape index (κ3) is 2.61. The first-order chi connectivity index (χ1) is 7.25. The first-order valence-electron chi connectivity index (χ1n) is 5.74. The van der Waals surface area contributed by atoms with Gasteiger partial charge >= 0.3 is 0 Å². The molecule has 0 aromatic carbocycles. The van der Waals surface area contributed by atoms with E-state index in [0.29, 0.717) is 6.04 Å². The van der Waals surface area contributed by atoms with Crippen molar-refractivity contribution in [2.75, 3.05) is 11.1 Å². The summed E-state index contributed by atoms with van der Waals surface area (Å²) in [6, 6.07) is 4.28. The Morgan fingerprint density at radius 2 is 2.20 bits per heavy atom. The number of rotatable bonds is 2. The first kappa shape index (κ1) is 10.3. The van der Waals surface area contributed by atoms with E-state index in [4.69, 9.17) is 5.73 Å². The maximum atomic E-state index is 5.72.